The molecule has 2 N–H and O–H groups in total. The molecule has 0 aliphatic heterocycles. The van der Waals surface area contributed by atoms with Gasteiger partial charge in [-0.15, -0.1) is 0 Å². The Bertz CT molecular complexity index is 328. The van der Waals surface area contributed by atoms with Gasteiger partial charge in [-0.2, -0.15) is 0 Å². The van der Waals surface area contributed by atoms with E-state index in [0.717, 1.165) is 24.4 Å². The van der Waals surface area contributed by atoms with E-state index in [1.165, 1.54) is 6.20 Å². The highest BCUT2D eigenvalue weighted by molar-refractivity contribution is 7.18. The maximum atomic E-state index is 10.4. The van der Waals surface area contributed by atoms with Crippen LogP contribution in [0.2, 0.25) is 0 Å². The van der Waals surface area contributed by atoms with Crippen molar-refractivity contribution in [2.75, 3.05) is 25.5 Å². The van der Waals surface area contributed by atoms with Gasteiger partial charge < -0.3 is 10.6 Å². The van der Waals surface area contributed by atoms with Crippen molar-refractivity contribution in [2.45, 2.75) is 6.92 Å². The summed E-state index contributed by atoms with van der Waals surface area (Å²) >= 11 is 1.06. The number of nitrogens with zero attached hydrogens (tertiary/aromatic N) is 2. The number of rotatable bonds is 6. The number of nitrogens with one attached hydrogen (secondary N) is 2. The van der Waals surface area contributed by atoms with Gasteiger partial charge >= 0.3 is 5.00 Å². The Kier molecular flexibility index (Phi) is 4.44. The van der Waals surface area contributed by atoms with Gasteiger partial charge in [0.2, 0.25) is 0 Å². The molecule has 0 aliphatic carbocycles. The maximum Gasteiger partial charge on any atom is 0.345 e. The van der Waals surface area contributed by atoms with Crippen LogP contribution in [0.4, 0.5) is 10.1 Å². The third-order valence-electron chi connectivity index (χ3n) is 1.83. The zero-order valence-corrected chi connectivity index (χ0v) is 9.50. The lowest BCUT2D eigenvalue weighted by atomic mass is 10.2. The molecule has 0 radical (unpaired) electrons. The lowest BCUT2D eigenvalue weighted by Gasteiger charge is -2.10. The van der Waals surface area contributed by atoms with Gasteiger partial charge in [-0.25, -0.2) is 4.98 Å². The van der Waals surface area contributed by atoms with E-state index in [-0.39, 0.29) is 5.00 Å². The molecule has 1 unspecified atom stereocenters. The molecule has 1 heterocycles. The molecule has 1 aromatic heterocycles. The zero-order valence-electron chi connectivity index (χ0n) is 8.69. The van der Waals surface area contributed by atoms with Crippen LogP contribution >= 0.6 is 11.3 Å². The van der Waals surface area contributed by atoms with Crippen molar-refractivity contribution in [1.82, 2.24) is 10.3 Å². The maximum absolute atomic E-state index is 10.4. The Balaban J connectivity index is 2.40. The third-order valence-corrected chi connectivity index (χ3v) is 2.73. The molecular weight excluding hydrogens is 216 g/mol. The van der Waals surface area contributed by atoms with Crippen LogP contribution in [0.15, 0.2) is 6.20 Å². The minimum atomic E-state index is -0.431. The van der Waals surface area contributed by atoms with Crippen LogP contribution in [0.1, 0.15) is 6.92 Å². The fraction of sp³-hybridized carbons (Fsp3) is 0.625. The van der Waals surface area contributed by atoms with Gasteiger partial charge in [0, 0.05) is 6.54 Å². The number of hydrogen-bond acceptors (Lipinski definition) is 6. The molecule has 0 bridgehead atoms. The first-order valence-electron chi connectivity index (χ1n) is 4.62. The minimum absolute atomic E-state index is 0.0683. The lowest BCUT2D eigenvalue weighted by Crippen LogP contribution is -2.22. The predicted molar refractivity (Wildman–Crippen MR) is 60.3 cm³/mol. The SMILES string of the molecule is CNCC(C)CNc1ncc([N+](=O)[O-])s1. The Labute approximate surface area is 91.9 Å². The highest BCUT2D eigenvalue weighted by Crippen LogP contribution is 2.24. The van der Waals surface area contributed by atoms with Crippen molar-refractivity contribution >= 4 is 21.5 Å². The summed E-state index contributed by atoms with van der Waals surface area (Å²) in [7, 11) is 1.89. The van der Waals surface area contributed by atoms with Gasteiger partial charge in [0.15, 0.2) is 5.13 Å². The normalized spacial score (nSPS) is 12.4. The fourth-order valence-corrected chi connectivity index (χ4v) is 1.75. The van der Waals surface area contributed by atoms with Crippen LogP contribution in [0, 0.1) is 16.0 Å². The summed E-state index contributed by atoms with van der Waals surface area (Å²) in [4.78, 5) is 13.9. The summed E-state index contributed by atoms with van der Waals surface area (Å²) in [6.45, 7) is 3.75. The van der Waals surface area contributed by atoms with Crippen molar-refractivity contribution in [3.63, 3.8) is 0 Å². The first-order valence-corrected chi connectivity index (χ1v) is 5.43. The summed E-state index contributed by atoms with van der Waals surface area (Å²) in [5.41, 5.74) is 0. The quantitative estimate of drug-likeness (QED) is 0.569. The summed E-state index contributed by atoms with van der Waals surface area (Å²) in [5, 5.41) is 17.2. The topological polar surface area (TPSA) is 80.1 Å². The molecule has 7 heteroatoms. The van der Waals surface area contributed by atoms with Crippen molar-refractivity contribution in [3.8, 4) is 0 Å². The Morgan fingerprint density at radius 1 is 1.67 bits per heavy atom. The standard InChI is InChI=1S/C8H14N4O2S/c1-6(3-9-2)4-10-8-11-5-7(15-8)12(13)14/h5-6,9H,3-4H2,1-2H3,(H,10,11). The molecular formula is C8H14N4O2S. The molecule has 0 amide bonds. The summed E-state index contributed by atoms with van der Waals surface area (Å²) in [6, 6.07) is 0. The number of thiazole rings is 1. The number of anilines is 1. The van der Waals surface area contributed by atoms with E-state index in [2.05, 4.69) is 22.5 Å². The largest absolute Gasteiger partial charge is 0.361 e. The van der Waals surface area contributed by atoms with Crippen LogP contribution < -0.4 is 10.6 Å². The molecule has 84 valence electrons. The summed E-state index contributed by atoms with van der Waals surface area (Å²) in [6.07, 6.45) is 1.27. The van der Waals surface area contributed by atoms with Crippen LogP contribution in [0.25, 0.3) is 0 Å². The molecule has 1 rings (SSSR count). The van der Waals surface area contributed by atoms with Gasteiger partial charge in [-0.05, 0) is 30.8 Å². The van der Waals surface area contributed by atoms with Gasteiger partial charge in [0.1, 0.15) is 6.20 Å². The van der Waals surface area contributed by atoms with Crippen LogP contribution in [0.3, 0.4) is 0 Å². The average Bonchev–Trinajstić information content (AvgIpc) is 2.63. The second kappa shape index (κ2) is 5.62. The Morgan fingerprint density at radius 2 is 2.40 bits per heavy atom. The van der Waals surface area contributed by atoms with Crippen molar-refractivity contribution in [3.05, 3.63) is 16.3 Å². The first-order chi connectivity index (χ1) is 7.13. The van der Waals surface area contributed by atoms with Gasteiger partial charge in [0.25, 0.3) is 0 Å². The molecule has 0 aromatic carbocycles. The molecule has 1 aromatic rings. The van der Waals surface area contributed by atoms with Gasteiger partial charge in [-0.1, -0.05) is 6.92 Å². The van der Waals surface area contributed by atoms with Crippen molar-refractivity contribution < 1.29 is 4.92 Å². The molecule has 0 saturated heterocycles. The lowest BCUT2D eigenvalue weighted by molar-refractivity contribution is -0.380. The molecule has 1 atom stereocenters. The Morgan fingerprint density at radius 3 is 2.93 bits per heavy atom. The average molecular weight is 230 g/mol. The van der Waals surface area contributed by atoms with Crippen molar-refractivity contribution in [2.24, 2.45) is 5.92 Å². The predicted octanol–water partition coefficient (Wildman–Crippen LogP) is 1.32. The minimum Gasteiger partial charge on any atom is -0.361 e. The van der Waals surface area contributed by atoms with E-state index in [0.29, 0.717) is 11.0 Å². The van der Waals surface area contributed by atoms with E-state index in [1.807, 2.05) is 7.05 Å². The Hall–Kier alpha value is -1.21. The first kappa shape index (κ1) is 11.9. The fourth-order valence-electron chi connectivity index (χ4n) is 1.11. The zero-order chi connectivity index (χ0) is 11.3. The van der Waals surface area contributed by atoms with Gasteiger partial charge in [-0.3, -0.25) is 10.1 Å². The van der Waals surface area contributed by atoms with E-state index in [4.69, 9.17) is 0 Å². The number of hydrogen-bond donors (Lipinski definition) is 2. The van der Waals surface area contributed by atoms with Crippen LogP contribution in [-0.2, 0) is 0 Å². The monoisotopic (exact) mass is 230 g/mol. The number of aromatic nitrogens is 1. The highest BCUT2D eigenvalue weighted by Gasteiger charge is 2.11. The molecule has 0 saturated carbocycles. The van der Waals surface area contributed by atoms with E-state index in [1.54, 1.807) is 0 Å². The van der Waals surface area contributed by atoms with Crippen molar-refractivity contribution in [1.29, 1.82) is 0 Å². The smallest absolute Gasteiger partial charge is 0.345 e. The highest BCUT2D eigenvalue weighted by atomic mass is 32.1. The second-order valence-corrected chi connectivity index (χ2v) is 4.31. The molecule has 0 aliphatic rings. The van der Waals surface area contributed by atoms with E-state index < -0.39 is 4.92 Å². The summed E-state index contributed by atoms with van der Waals surface area (Å²) < 4.78 is 0. The van der Waals surface area contributed by atoms with Crippen LogP contribution in [0.5, 0.6) is 0 Å². The second-order valence-electron chi connectivity index (χ2n) is 3.30. The van der Waals surface area contributed by atoms with E-state index >= 15 is 0 Å². The van der Waals surface area contributed by atoms with Crippen LogP contribution in [-0.4, -0.2) is 30.0 Å². The summed E-state index contributed by atoms with van der Waals surface area (Å²) in [5.74, 6) is 0.456. The van der Waals surface area contributed by atoms with E-state index in [9.17, 15) is 10.1 Å². The molecule has 6 nitrogen and oxygen atoms in total. The molecule has 15 heavy (non-hydrogen) atoms. The number of nitro groups is 1. The molecule has 0 spiro atoms. The van der Waals surface area contributed by atoms with Gasteiger partial charge in [0.05, 0.1) is 4.92 Å². The molecule has 0 fully saturated rings. The third kappa shape index (κ3) is 3.80.